The van der Waals surface area contributed by atoms with Crippen LogP contribution in [0.5, 0.6) is 11.8 Å². The first kappa shape index (κ1) is 19.3. The van der Waals surface area contributed by atoms with Crippen LogP contribution in [0.15, 0.2) is 6.20 Å². The molecule has 0 spiro atoms. The summed E-state index contributed by atoms with van der Waals surface area (Å²) in [6, 6.07) is -0.102. The standard InChI is InChI=1S/C18H29N3O4/c1-17(2,3)25-16(22)21-13-11(8-9-18(13,4)5)12-10-19-14(23-6)15(20-12)24-7/h10-11,13H,8-9H2,1-7H3,(H,21,22). The average Bonchev–Trinajstić information content (AvgIpc) is 2.80. The molecule has 2 rings (SSSR count). The normalized spacial score (nSPS) is 22.4. The lowest BCUT2D eigenvalue weighted by Crippen LogP contribution is -2.46. The van der Waals surface area contributed by atoms with E-state index in [0.717, 1.165) is 18.5 Å². The number of alkyl carbamates (subject to hydrolysis) is 1. The van der Waals surface area contributed by atoms with Crippen molar-refractivity contribution in [2.24, 2.45) is 5.41 Å². The molecule has 1 saturated carbocycles. The zero-order chi connectivity index (χ0) is 18.8. The van der Waals surface area contributed by atoms with Crippen molar-refractivity contribution in [1.29, 1.82) is 0 Å². The fourth-order valence-electron chi connectivity index (χ4n) is 3.27. The molecule has 2 atom stereocenters. The Hall–Kier alpha value is -2.05. The van der Waals surface area contributed by atoms with Crippen molar-refractivity contribution in [3.63, 3.8) is 0 Å². The van der Waals surface area contributed by atoms with Gasteiger partial charge in [0.05, 0.1) is 26.1 Å². The van der Waals surface area contributed by atoms with Gasteiger partial charge >= 0.3 is 6.09 Å². The van der Waals surface area contributed by atoms with Crippen LogP contribution in [-0.2, 0) is 4.74 Å². The number of nitrogens with one attached hydrogen (secondary N) is 1. The molecule has 0 radical (unpaired) electrons. The minimum Gasteiger partial charge on any atom is -0.477 e. The summed E-state index contributed by atoms with van der Waals surface area (Å²) in [4.78, 5) is 21.1. The summed E-state index contributed by atoms with van der Waals surface area (Å²) >= 11 is 0. The van der Waals surface area contributed by atoms with Gasteiger partial charge in [0.25, 0.3) is 11.8 Å². The molecule has 140 valence electrons. The van der Waals surface area contributed by atoms with E-state index in [0.29, 0.717) is 11.8 Å². The first-order valence-electron chi connectivity index (χ1n) is 8.52. The van der Waals surface area contributed by atoms with Crippen LogP contribution in [0, 0.1) is 5.41 Å². The number of ether oxygens (including phenoxy) is 3. The maximum atomic E-state index is 12.3. The molecule has 1 aliphatic rings. The monoisotopic (exact) mass is 351 g/mol. The van der Waals surface area contributed by atoms with Gasteiger partial charge in [0.15, 0.2) is 0 Å². The molecule has 7 nitrogen and oxygen atoms in total. The number of amides is 1. The summed E-state index contributed by atoms with van der Waals surface area (Å²) < 4.78 is 15.8. The van der Waals surface area contributed by atoms with Crippen LogP contribution in [0.1, 0.15) is 59.1 Å². The van der Waals surface area contributed by atoms with Gasteiger partial charge in [0, 0.05) is 12.0 Å². The molecule has 1 aliphatic carbocycles. The fraction of sp³-hybridized carbons (Fsp3) is 0.722. The van der Waals surface area contributed by atoms with Gasteiger partial charge < -0.3 is 19.5 Å². The third kappa shape index (κ3) is 4.52. The lowest BCUT2D eigenvalue weighted by Gasteiger charge is -2.32. The van der Waals surface area contributed by atoms with Crippen LogP contribution in [-0.4, -0.2) is 41.9 Å². The quantitative estimate of drug-likeness (QED) is 0.896. The Morgan fingerprint density at radius 3 is 2.44 bits per heavy atom. The number of hydrogen-bond acceptors (Lipinski definition) is 6. The van der Waals surface area contributed by atoms with Gasteiger partial charge in [-0.2, -0.15) is 0 Å². The first-order valence-corrected chi connectivity index (χ1v) is 8.52. The fourth-order valence-corrected chi connectivity index (χ4v) is 3.27. The van der Waals surface area contributed by atoms with Gasteiger partial charge in [-0.05, 0) is 39.0 Å². The minimum atomic E-state index is -0.536. The highest BCUT2D eigenvalue weighted by Gasteiger charge is 2.45. The zero-order valence-electron chi connectivity index (χ0n) is 16.2. The van der Waals surface area contributed by atoms with Crippen LogP contribution < -0.4 is 14.8 Å². The Morgan fingerprint density at radius 2 is 1.88 bits per heavy atom. The van der Waals surface area contributed by atoms with Gasteiger partial charge in [-0.15, -0.1) is 0 Å². The summed E-state index contributed by atoms with van der Waals surface area (Å²) in [5, 5.41) is 3.04. The van der Waals surface area contributed by atoms with E-state index in [1.165, 1.54) is 14.2 Å². The number of carbonyl (C=O) groups excluding carboxylic acids is 1. The van der Waals surface area contributed by atoms with Crippen molar-refractivity contribution in [2.45, 2.75) is 65.0 Å². The number of carbonyl (C=O) groups is 1. The molecule has 1 aromatic rings. The molecule has 7 heteroatoms. The molecule has 0 aliphatic heterocycles. The highest BCUT2D eigenvalue weighted by molar-refractivity contribution is 5.68. The number of rotatable bonds is 4. The second-order valence-corrected chi connectivity index (χ2v) is 8.07. The second-order valence-electron chi connectivity index (χ2n) is 8.07. The Labute approximate surface area is 149 Å². The Balaban J connectivity index is 2.25. The number of methoxy groups -OCH3 is 2. The zero-order valence-corrected chi connectivity index (χ0v) is 16.2. The van der Waals surface area contributed by atoms with E-state index >= 15 is 0 Å². The van der Waals surface area contributed by atoms with E-state index in [2.05, 4.69) is 29.1 Å². The third-order valence-corrected chi connectivity index (χ3v) is 4.51. The maximum Gasteiger partial charge on any atom is 0.407 e. The summed E-state index contributed by atoms with van der Waals surface area (Å²) in [7, 11) is 3.06. The van der Waals surface area contributed by atoms with E-state index in [4.69, 9.17) is 14.2 Å². The SMILES string of the molecule is COc1ncc(C2CCC(C)(C)C2NC(=O)OC(C)(C)C)nc1OC. The molecule has 0 bridgehead atoms. The number of nitrogens with zero attached hydrogens (tertiary/aromatic N) is 2. The highest BCUT2D eigenvalue weighted by Crippen LogP contribution is 2.46. The minimum absolute atomic E-state index is 0.0369. The van der Waals surface area contributed by atoms with Gasteiger partial charge in [0.2, 0.25) is 0 Å². The highest BCUT2D eigenvalue weighted by atomic mass is 16.6. The summed E-state index contributed by atoms with van der Waals surface area (Å²) in [5.41, 5.74) is 0.172. The van der Waals surface area contributed by atoms with Crippen molar-refractivity contribution in [3.05, 3.63) is 11.9 Å². The molecule has 25 heavy (non-hydrogen) atoms. The van der Waals surface area contributed by atoms with Crippen molar-refractivity contribution in [2.75, 3.05) is 14.2 Å². The van der Waals surface area contributed by atoms with Crippen molar-refractivity contribution in [1.82, 2.24) is 15.3 Å². The summed E-state index contributed by atoms with van der Waals surface area (Å²) in [6.07, 6.45) is 3.15. The van der Waals surface area contributed by atoms with E-state index in [1.807, 2.05) is 20.8 Å². The van der Waals surface area contributed by atoms with E-state index in [1.54, 1.807) is 6.20 Å². The first-order chi connectivity index (χ1) is 11.6. The Kier molecular flexibility index (Phi) is 5.44. The molecule has 1 N–H and O–H groups in total. The average molecular weight is 351 g/mol. The largest absolute Gasteiger partial charge is 0.477 e. The van der Waals surface area contributed by atoms with Crippen LogP contribution in [0.4, 0.5) is 4.79 Å². The topological polar surface area (TPSA) is 82.6 Å². The lowest BCUT2D eigenvalue weighted by molar-refractivity contribution is 0.0465. The van der Waals surface area contributed by atoms with Crippen molar-refractivity contribution in [3.8, 4) is 11.8 Å². The van der Waals surface area contributed by atoms with E-state index < -0.39 is 11.7 Å². The molecule has 2 unspecified atom stereocenters. The third-order valence-electron chi connectivity index (χ3n) is 4.51. The van der Waals surface area contributed by atoms with Gasteiger partial charge in [-0.3, -0.25) is 0 Å². The molecule has 0 aromatic carbocycles. The maximum absolute atomic E-state index is 12.3. The van der Waals surface area contributed by atoms with Crippen LogP contribution >= 0.6 is 0 Å². The molecule has 1 amide bonds. The molecular formula is C18H29N3O4. The molecule has 1 fully saturated rings. The predicted molar refractivity (Wildman–Crippen MR) is 94.0 cm³/mol. The smallest absolute Gasteiger partial charge is 0.407 e. The molecular weight excluding hydrogens is 322 g/mol. The Morgan fingerprint density at radius 1 is 1.24 bits per heavy atom. The predicted octanol–water partition coefficient (Wildman–Crippen LogP) is 3.29. The van der Waals surface area contributed by atoms with E-state index in [-0.39, 0.29) is 17.4 Å². The van der Waals surface area contributed by atoms with Crippen LogP contribution in [0.3, 0.4) is 0 Å². The van der Waals surface area contributed by atoms with Crippen molar-refractivity contribution >= 4 is 6.09 Å². The van der Waals surface area contributed by atoms with E-state index in [9.17, 15) is 4.79 Å². The van der Waals surface area contributed by atoms with Gasteiger partial charge in [0.1, 0.15) is 5.60 Å². The second kappa shape index (κ2) is 7.06. The Bertz CT molecular complexity index is 625. The summed E-state index contributed by atoms with van der Waals surface area (Å²) in [6.45, 7) is 9.84. The summed E-state index contributed by atoms with van der Waals surface area (Å²) in [5.74, 6) is 0.732. The lowest BCUT2D eigenvalue weighted by atomic mass is 9.84. The number of hydrogen-bond donors (Lipinski definition) is 1. The van der Waals surface area contributed by atoms with Crippen LogP contribution in [0.25, 0.3) is 0 Å². The van der Waals surface area contributed by atoms with Gasteiger partial charge in [-0.25, -0.2) is 14.8 Å². The molecule has 1 aromatic heterocycles. The van der Waals surface area contributed by atoms with Gasteiger partial charge in [-0.1, -0.05) is 13.8 Å². The molecule has 0 saturated heterocycles. The van der Waals surface area contributed by atoms with Crippen LogP contribution in [0.2, 0.25) is 0 Å². The molecule has 1 heterocycles. The number of aromatic nitrogens is 2. The van der Waals surface area contributed by atoms with Crippen molar-refractivity contribution < 1.29 is 19.0 Å².